The minimum Gasteiger partial charge on any atom is -0.376 e. The second kappa shape index (κ2) is 5.55. The third-order valence-electron chi connectivity index (χ3n) is 1.68. The van der Waals surface area contributed by atoms with E-state index in [1.54, 1.807) is 0 Å². The number of rotatable bonds is 5. The lowest BCUT2D eigenvalue weighted by atomic mass is 10.1. The summed E-state index contributed by atoms with van der Waals surface area (Å²) in [6.45, 7) is 9.14. The van der Waals surface area contributed by atoms with Crippen molar-refractivity contribution >= 4 is 0 Å². The first-order valence-corrected chi connectivity index (χ1v) is 4.85. The van der Waals surface area contributed by atoms with Gasteiger partial charge in [0.2, 0.25) is 0 Å². The molecule has 0 aliphatic rings. The van der Waals surface area contributed by atoms with Crippen LogP contribution in [0.3, 0.4) is 0 Å². The van der Waals surface area contributed by atoms with E-state index in [4.69, 9.17) is 10.5 Å². The third-order valence-corrected chi connectivity index (χ3v) is 1.68. The Hall–Kier alpha value is -0.0800. The molecule has 74 valence electrons. The average molecular weight is 173 g/mol. The number of hydrogen-bond acceptors (Lipinski definition) is 2. The first-order chi connectivity index (χ1) is 5.45. The van der Waals surface area contributed by atoms with E-state index in [0.29, 0.717) is 6.04 Å². The Morgan fingerprint density at radius 1 is 1.25 bits per heavy atom. The fraction of sp³-hybridized carbons (Fsp3) is 1.00. The fourth-order valence-electron chi connectivity index (χ4n) is 1.03. The van der Waals surface area contributed by atoms with Gasteiger partial charge in [-0.3, -0.25) is 0 Å². The minimum absolute atomic E-state index is 0.0219. The minimum atomic E-state index is -0.0219. The molecule has 12 heavy (non-hydrogen) atoms. The van der Waals surface area contributed by atoms with Crippen LogP contribution in [0, 0.1) is 0 Å². The summed E-state index contributed by atoms with van der Waals surface area (Å²) in [5.41, 5.74) is 5.81. The van der Waals surface area contributed by atoms with Gasteiger partial charge in [-0.05, 0) is 33.6 Å². The Labute approximate surface area is 76.5 Å². The summed E-state index contributed by atoms with van der Waals surface area (Å²) in [6.07, 6.45) is 3.25. The van der Waals surface area contributed by atoms with Crippen LogP contribution in [0.25, 0.3) is 0 Å². The van der Waals surface area contributed by atoms with Crippen molar-refractivity contribution in [1.82, 2.24) is 0 Å². The fourth-order valence-corrected chi connectivity index (χ4v) is 1.03. The molecule has 2 nitrogen and oxygen atoms in total. The summed E-state index contributed by atoms with van der Waals surface area (Å²) in [5.74, 6) is 0. The zero-order valence-electron chi connectivity index (χ0n) is 8.89. The lowest BCUT2D eigenvalue weighted by molar-refractivity contribution is -0.00620. The van der Waals surface area contributed by atoms with Crippen molar-refractivity contribution in [3.05, 3.63) is 0 Å². The number of nitrogens with two attached hydrogens (primary N) is 1. The maximum absolute atomic E-state index is 5.83. The Morgan fingerprint density at radius 2 is 1.83 bits per heavy atom. The van der Waals surface area contributed by atoms with Crippen LogP contribution in [-0.2, 0) is 4.74 Å². The highest BCUT2D eigenvalue weighted by Gasteiger charge is 2.10. The molecule has 0 aliphatic heterocycles. The van der Waals surface area contributed by atoms with E-state index < -0.39 is 0 Å². The molecule has 0 aliphatic carbocycles. The first kappa shape index (κ1) is 11.9. The molecular weight excluding hydrogens is 150 g/mol. The molecule has 0 aromatic heterocycles. The van der Waals surface area contributed by atoms with Gasteiger partial charge in [-0.25, -0.2) is 0 Å². The molecule has 1 unspecified atom stereocenters. The maximum Gasteiger partial charge on any atom is 0.0598 e. The third kappa shape index (κ3) is 8.02. The van der Waals surface area contributed by atoms with E-state index in [1.807, 2.05) is 0 Å². The second-order valence-corrected chi connectivity index (χ2v) is 4.30. The molecule has 0 aromatic carbocycles. The van der Waals surface area contributed by atoms with Gasteiger partial charge in [0, 0.05) is 12.6 Å². The van der Waals surface area contributed by atoms with Crippen LogP contribution in [0.2, 0.25) is 0 Å². The van der Waals surface area contributed by atoms with Gasteiger partial charge in [0.1, 0.15) is 0 Å². The largest absolute Gasteiger partial charge is 0.376 e. The Bertz CT molecular complexity index is 107. The summed E-state index contributed by atoms with van der Waals surface area (Å²) in [4.78, 5) is 0. The first-order valence-electron chi connectivity index (χ1n) is 4.85. The van der Waals surface area contributed by atoms with Crippen LogP contribution in [0.1, 0.15) is 47.0 Å². The van der Waals surface area contributed by atoms with Crippen LogP contribution >= 0.6 is 0 Å². The standard InChI is InChI=1S/C10H23NO/c1-5-6-9(11)7-8-12-10(2,3)4/h9H,5-8,11H2,1-4H3. The predicted molar refractivity (Wildman–Crippen MR) is 53.2 cm³/mol. The van der Waals surface area contributed by atoms with Gasteiger partial charge in [-0.2, -0.15) is 0 Å². The van der Waals surface area contributed by atoms with Gasteiger partial charge in [0.15, 0.2) is 0 Å². The van der Waals surface area contributed by atoms with Crippen molar-refractivity contribution in [3.8, 4) is 0 Å². The van der Waals surface area contributed by atoms with E-state index in [1.165, 1.54) is 0 Å². The molecule has 1 atom stereocenters. The maximum atomic E-state index is 5.83. The topological polar surface area (TPSA) is 35.2 Å². The van der Waals surface area contributed by atoms with Crippen molar-refractivity contribution in [2.24, 2.45) is 5.73 Å². The molecule has 0 spiro atoms. The van der Waals surface area contributed by atoms with Crippen LogP contribution < -0.4 is 5.73 Å². The Kier molecular flexibility index (Phi) is 5.51. The Morgan fingerprint density at radius 3 is 2.25 bits per heavy atom. The lowest BCUT2D eigenvalue weighted by Crippen LogP contribution is -2.26. The zero-order valence-corrected chi connectivity index (χ0v) is 8.89. The van der Waals surface area contributed by atoms with E-state index in [-0.39, 0.29) is 5.60 Å². The molecule has 0 amide bonds. The molecule has 2 heteroatoms. The van der Waals surface area contributed by atoms with Crippen molar-refractivity contribution < 1.29 is 4.74 Å². The molecule has 0 bridgehead atoms. The predicted octanol–water partition coefficient (Wildman–Crippen LogP) is 2.32. The molecule has 0 saturated heterocycles. The van der Waals surface area contributed by atoms with E-state index in [2.05, 4.69) is 27.7 Å². The highest BCUT2D eigenvalue weighted by molar-refractivity contribution is 4.63. The van der Waals surface area contributed by atoms with Gasteiger partial charge < -0.3 is 10.5 Å². The molecule has 0 fully saturated rings. The van der Waals surface area contributed by atoms with E-state index in [9.17, 15) is 0 Å². The highest BCUT2D eigenvalue weighted by Crippen LogP contribution is 2.08. The summed E-state index contributed by atoms with van der Waals surface area (Å²) < 4.78 is 5.57. The molecular formula is C10H23NO. The van der Waals surface area contributed by atoms with Crippen molar-refractivity contribution in [2.45, 2.75) is 58.6 Å². The van der Waals surface area contributed by atoms with E-state index in [0.717, 1.165) is 25.9 Å². The van der Waals surface area contributed by atoms with Gasteiger partial charge in [0.25, 0.3) is 0 Å². The van der Waals surface area contributed by atoms with Gasteiger partial charge in [-0.1, -0.05) is 13.3 Å². The van der Waals surface area contributed by atoms with Crippen LogP contribution in [0.4, 0.5) is 0 Å². The van der Waals surface area contributed by atoms with Crippen molar-refractivity contribution in [1.29, 1.82) is 0 Å². The van der Waals surface area contributed by atoms with Crippen LogP contribution in [0.5, 0.6) is 0 Å². The second-order valence-electron chi connectivity index (χ2n) is 4.30. The summed E-state index contributed by atoms with van der Waals surface area (Å²) >= 11 is 0. The SMILES string of the molecule is CCCC(N)CCOC(C)(C)C. The van der Waals surface area contributed by atoms with E-state index >= 15 is 0 Å². The molecule has 0 aromatic rings. The van der Waals surface area contributed by atoms with Crippen LogP contribution in [0.15, 0.2) is 0 Å². The molecule has 0 rings (SSSR count). The molecule has 0 saturated carbocycles. The Balaban J connectivity index is 3.31. The van der Waals surface area contributed by atoms with Crippen LogP contribution in [-0.4, -0.2) is 18.2 Å². The van der Waals surface area contributed by atoms with Gasteiger partial charge in [-0.15, -0.1) is 0 Å². The summed E-state index contributed by atoms with van der Waals surface area (Å²) in [5, 5.41) is 0. The monoisotopic (exact) mass is 173 g/mol. The zero-order chi connectivity index (χ0) is 9.61. The van der Waals surface area contributed by atoms with Gasteiger partial charge >= 0.3 is 0 Å². The van der Waals surface area contributed by atoms with Crippen molar-refractivity contribution in [3.63, 3.8) is 0 Å². The lowest BCUT2D eigenvalue weighted by Gasteiger charge is -2.20. The summed E-state index contributed by atoms with van der Waals surface area (Å²) in [7, 11) is 0. The average Bonchev–Trinajstić information content (AvgIpc) is 1.84. The van der Waals surface area contributed by atoms with Crippen molar-refractivity contribution in [2.75, 3.05) is 6.61 Å². The van der Waals surface area contributed by atoms with Gasteiger partial charge in [0.05, 0.1) is 5.60 Å². The molecule has 0 heterocycles. The number of hydrogen-bond donors (Lipinski definition) is 1. The summed E-state index contributed by atoms with van der Waals surface area (Å²) in [6, 6.07) is 0.317. The number of ether oxygens (including phenoxy) is 1. The smallest absolute Gasteiger partial charge is 0.0598 e. The highest BCUT2D eigenvalue weighted by atomic mass is 16.5. The molecule has 2 N–H and O–H groups in total. The quantitative estimate of drug-likeness (QED) is 0.692. The normalized spacial score (nSPS) is 14.8. The molecule has 0 radical (unpaired) electrons.